The molecule has 3 aromatic rings. The fourth-order valence-electron chi connectivity index (χ4n) is 2.41. The van der Waals surface area contributed by atoms with Crippen LogP contribution in [0, 0.1) is 0 Å². The minimum Gasteiger partial charge on any atom is -0.277 e. The summed E-state index contributed by atoms with van der Waals surface area (Å²) in [6, 6.07) is 22.8. The van der Waals surface area contributed by atoms with Crippen LogP contribution in [0.1, 0.15) is 15.9 Å². The Balaban J connectivity index is 1.74. The second-order valence-electron chi connectivity index (χ2n) is 5.22. The Labute approximate surface area is 134 Å². The highest BCUT2D eigenvalue weighted by Gasteiger charge is 2.10. The Morgan fingerprint density at radius 1 is 0.913 bits per heavy atom. The molecule has 4 nitrogen and oxygen atoms in total. The van der Waals surface area contributed by atoms with Gasteiger partial charge < -0.3 is 0 Å². The molecule has 23 heavy (non-hydrogen) atoms. The number of benzene rings is 3. The quantitative estimate of drug-likeness (QED) is 0.581. The van der Waals surface area contributed by atoms with E-state index in [4.69, 9.17) is 0 Å². The van der Waals surface area contributed by atoms with Crippen molar-refractivity contribution in [2.45, 2.75) is 6.54 Å². The fourth-order valence-corrected chi connectivity index (χ4v) is 2.41. The molecule has 0 aliphatic heterocycles. The van der Waals surface area contributed by atoms with Gasteiger partial charge in [0, 0.05) is 5.56 Å². The molecule has 1 N–H and O–H groups in total. The summed E-state index contributed by atoms with van der Waals surface area (Å²) in [5.74, 6) is -0.307. The van der Waals surface area contributed by atoms with Crippen LogP contribution >= 0.6 is 0 Å². The molecule has 0 saturated heterocycles. The summed E-state index contributed by atoms with van der Waals surface area (Å²) in [5.41, 5.74) is 4.08. The molecular formula is C19H16N2O2. The van der Waals surface area contributed by atoms with Crippen molar-refractivity contribution in [2.24, 2.45) is 0 Å². The first-order valence-electron chi connectivity index (χ1n) is 7.32. The van der Waals surface area contributed by atoms with Crippen molar-refractivity contribution in [1.82, 2.24) is 10.4 Å². The average Bonchev–Trinajstić information content (AvgIpc) is 2.61. The van der Waals surface area contributed by atoms with Crippen molar-refractivity contribution in [3.63, 3.8) is 0 Å². The van der Waals surface area contributed by atoms with Crippen LogP contribution in [0.3, 0.4) is 0 Å². The van der Waals surface area contributed by atoms with E-state index >= 15 is 0 Å². The van der Waals surface area contributed by atoms with E-state index in [1.165, 1.54) is 5.01 Å². The van der Waals surface area contributed by atoms with Gasteiger partial charge in [-0.05, 0) is 28.5 Å². The van der Waals surface area contributed by atoms with Gasteiger partial charge in [0.25, 0.3) is 5.91 Å². The van der Waals surface area contributed by atoms with E-state index in [0.29, 0.717) is 18.5 Å². The van der Waals surface area contributed by atoms with E-state index in [2.05, 4.69) is 5.43 Å². The zero-order valence-electron chi connectivity index (χ0n) is 12.5. The second kappa shape index (κ2) is 6.75. The molecule has 4 heteroatoms. The van der Waals surface area contributed by atoms with E-state index < -0.39 is 0 Å². The number of carbonyl (C=O) groups excluding carboxylic acids is 2. The van der Waals surface area contributed by atoms with Crippen LogP contribution in [0.25, 0.3) is 10.8 Å². The summed E-state index contributed by atoms with van der Waals surface area (Å²) in [6.07, 6.45) is 0.617. The number of carbonyl (C=O) groups is 2. The minimum atomic E-state index is -0.307. The first kappa shape index (κ1) is 14.8. The third-order valence-electron chi connectivity index (χ3n) is 3.58. The molecule has 0 heterocycles. The molecule has 3 aromatic carbocycles. The third-order valence-corrected chi connectivity index (χ3v) is 3.58. The molecule has 0 aliphatic rings. The number of nitrogens with zero attached hydrogens (tertiary/aromatic N) is 1. The van der Waals surface area contributed by atoms with Gasteiger partial charge in [-0.1, -0.05) is 60.7 Å². The van der Waals surface area contributed by atoms with E-state index in [1.807, 2.05) is 66.7 Å². The van der Waals surface area contributed by atoms with Crippen molar-refractivity contribution < 1.29 is 9.59 Å². The van der Waals surface area contributed by atoms with Crippen LogP contribution in [0.2, 0.25) is 0 Å². The highest BCUT2D eigenvalue weighted by Crippen LogP contribution is 2.15. The largest absolute Gasteiger partial charge is 0.277 e. The van der Waals surface area contributed by atoms with Gasteiger partial charge in [0.1, 0.15) is 0 Å². The zero-order chi connectivity index (χ0) is 16.1. The number of hydrogen-bond donors (Lipinski definition) is 1. The Bertz CT molecular complexity index is 831. The average molecular weight is 304 g/mol. The Hall–Kier alpha value is -3.14. The van der Waals surface area contributed by atoms with Gasteiger partial charge in [-0.25, -0.2) is 0 Å². The number of hydrogen-bond acceptors (Lipinski definition) is 2. The van der Waals surface area contributed by atoms with Crippen LogP contribution in [0.15, 0.2) is 72.8 Å². The van der Waals surface area contributed by atoms with Crippen LogP contribution < -0.4 is 5.43 Å². The summed E-state index contributed by atoms with van der Waals surface area (Å²) in [7, 11) is 0. The fraction of sp³-hybridized carbons (Fsp3) is 0.0526. The monoisotopic (exact) mass is 304 g/mol. The van der Waals surface area contributed by atoms with Crippen LogP contribution in [0.4, 0.5) is 0 Å². The van der Waals surface area contributed by atoms with Gasteiger partial charge in [-0.3, -0.25) is 20.0 Å². The molecule has 2 amide bonds. The topological polar surface area (TPSA) is 49.4 Å². The molecule has 0 aliphatic carbocycles. The zero-order valence-corrected chi connectivity index (χ0v) is 12.5. The van der Waals surface area contributed by atoms with Crippen molar-refractivity contribution in [3.05, 3.63) is 83.9 Å². The lowest BCUT2D eigenvalue weighted by Gasteiger charge is -2.18. The van der Waals surface area contributed by atoms with E-state index in [-0.39, 0.29) is 5.91 Å². The molecule has 3 rings (SSSR count). The van der Waals surface area contributed by atoms with Crippen molar-refractivity contribution in [2.75, 3.05) is 0 Å². The SMILES string of the molecule is O=CN(Cc1ccccc1)NC(=O)c1ccc2ccccc2c1. The maximum atomic E-state index is 12.3. The second-order valence-corrected chi connectivity index (χ2v) is 5.22. The smallest absolute Gasteiger partial charge is 0.269 e. The van der Waals surface area contributed by atoms with Gasteiger partial charge in [0.2, 0.25) is 6.41 Å². The van der Waals surface area contributed by atoms with Gasteiger partial charge in [-0.2, -0.15) is 0 Å². The predicted molar refractivity (Wildman–Crippen MR) is 89.5 cm³/mol. The third kappa shape index (κ3) is 3.55. The van der Waals surface area contributed by atoms with Crippen molar-refractivity contribution in [1.29, 1.82) is 0 Å². The van der Waals surface area contributed by atoms with Crippen molar-refractivity contribution >= 4 is 23.1 Å². The first-order chi connectivity index (χ1) is 11.3. The van der Waals surface area contributed by atoms with E-state index in [1.54, 1.807) is 6.07 Å². The predicted octanol–water partition coefficient (Wildman–Crippen LogP) is 3.14. The summed E-state index contributed by atoms with van der Waals surface area (Å²) >= 11 is 0. The number of nitrogens with one attached hydrogen (secondary N) is 1. The molecule has 0 saturated carbocycles. The number of fused-ring (bicyclic) bond motifs is 1. The first-order valence-corrected chi connectivity index (χ1v) is 7.32. The Morgan fingerprint density at radius 2 is 1.61 bits per heavy atom. The highest BCUT2D eigenvalue weighted by molar-refractivity contribution is 5.98. The molecule has 0 unspecified atom stereocenters. The van der Waals surface area contributed by atoms with E-state index in [9.17, 15) is 9.59 Å². The molecule has 0 bridgehead atoms. The van der Waals surface area contributed by atoms with Crippen molar-refractivity contribution in [3.8, 4) is 0 Å². The number of rotatable bonds is 5. The van der Waals surface area contributed by atoms with Gasteiger partial charge in [-0.15, -0.1) is 0 Å². The number of hydrazine groups is 1. The highest BCUT2D eigenvalue weighted by atomic mass is 16.2. The Kier molecular flexibility index (Phi) is 4.34. The molecular weight excluding hydrogens is 288 g/mol. The molecule has 114 valence electrons. The van der Waals surface area contributed by atoms with Gasteiger partial charge in [0.05, 0.1) is 6.54 Å². The lowest BCUT2D eigenvalue weighted by molar-refractivity contribution is -0.120. The molecule has 0 fully saturated rings. The molecule has 0 radical (unpaired) electrons. The standard InChI is InChI=1S/C19H16N2O2/c22-14-21(13-15-6-2-1-3-7-15)20-19(23)18-11-10-16-8-4-5-9-17(16)12-18/h1-12,14H,13H2,(H,20,23). The van der Waals surface area contributed by atoms with Gasteiger partial charge >= 0.3 is 0 Å². The van der Waals surface area contributed by atoms with E-state index in [0.717, 1.165) is 16.3 Å². The van der Waals surface area contributed by atoms with Crippen LogP contribution in [-0.4, -0.2) is 17.3 Å². The Morgan fingerprint density at radius 3 is 2.35 bits per heavy atom. The van der Waals surface area contributed by atoms with Gasteiger partial charge in [0.15, 0.2) is 0 Å². The normalized spacial score (nSPS) is 10.3. The number of amides is 2. The molecule has 0 atom stereocenters. The lowest BCUT2D eigenvalue weighted by atomic mass is 10.1. The molecule has 0 spiro atoms. The summed E-state index contributed by atoms with van der Waals surface area (Å²) in [5, 5.41) is 3.30. The molecule has 0 aromatic heterocycles. The maximum absolute atomic E-state index is 12.3. The van der Waals surface area contributed by atoms with Crippen LogP contribution in [-0.2, 0) is 11.3 Å². The summed E-state index contributed by atoms with van der Waals surface area (Å²) < 4.78 is 0. The summed E-state index contributed by atoms with van der Waals surface area (Å²) in [4.78, 5) is 23.5. The summed E-state index contributed by atoms with van der Waals surface area (Å²) in [6.45, 7) is 0.323. The lowest BCUT2D eigenvalue weighted by Crippen LogP contribution is -2.40. The minimum absolute atomic E-state index is 0.307. The van der Waals surface area contributed by atoms with Crippen LogP contribution in [0.5, 0.6) is 0 Å². The maximum Gasteiger partial charge on any atom is 0.269 e.